The molecule has 1 aliphatic heterocycles. The van der Waals surface area contributed by atoms with Crippen molar-refractivity contribution in [2.75, 3.05) is 25.0 Å². The van der Waals surface area contributed by atoms with Crippen LogP contribution in [0.4, 0.5) is 5.69 Å². The lowest BCUT2D eigenvalue weighted by Crippen LogP contribution is -2.27. The van der Waals surface area contributed by atoms with Gasteiger partial charge in [0.25, 0.3) is 5.56 Å². The zero-order valence-corrected chi connectivity index (χ0v) is 12.1. The van der Waals surface area contributed by atoms with E-state index < -0.39 is 0 Å². The van der Waals surface area contributed by atoms with E-state index in [0.29, 0.717) is 6.04 Å². The van der Waals surface area contributed by atoms with Crippen molar-refractivity contribution in [3.63, 3.8) is 0 Å². The Labute approximate surface area is 124 Å². The summed E-state index contributed by atoms with van der Waals surface area (Å²) in [6, 6.07) is 8.49. The standard InChI is InChI=1S/C17H21N3O/c21-17-16-4-3-14(9-13(16)5-7-18-17)19-15-6-8-20(11-15)10-12-1-2-12/h3-5,7,9,12,15,19H,1-2,6,8,10-11H2,(H,18,21)/t15-/m0/s1. The van der Waals surface area contributed by atoms with Crippen LogP contribution in [0.1, 0.15) is 19.3 Å². The number of hydrogen-bond acceptors (Lipinski definition) is 3. The van der Waals surface area contributed by atoms with Crippen molar-refractivity contribution >= 4 is 16.5 Å². The largest absolute Gasteiger partial charge is 0.381 e. The lowest BCUT2D eigenvalue weighted by molar-refractivity contribution is 0.322. The molecule has 2 aliphatic rings. The van der Waals surface area contributed by atoms with E-state index in [4.69, 9.17) is 0 Å². The summed E-state index contributed by atoms with van der Waals surface area (Å²) < 4.78 is 0. The van der Waals surface area contributed by atoms with E-state index in [1.807, 2.05) is 18.2 Å². The molecule has 110 valence electrons. The molecule has 2 N–H and O–H groups in total. The van der Waals surface area contributed by atoms with Crippen molar-refractivity contribution in [3.8, 4) is 0 Å². The Morgan fingerprint density at radius 2 is 2.14 bits per heavy atom. The van der Waals surface area contributed by atoms with E-state index >= 15 is 0 Å². The average molecular weight is 283 g/mol. The van der Waals surface area contributed by atoms with Crippen LogP contribution in [-0.2, 0) is 0 Å². The van der Waals surface area contributed by atoms with E-state index in [1.165, 1.54) is 32.4 Å². The van der Waals surface area contributed by atoms with Crippen LogP contribution < -0.4 is 10.9 Å². The molecule has 2 heterocycles. The van der Waals surface area contributed by atoms with Gasteiger partial charge in [0.2, 0.25) is 0 Å². The number of anilines is 1. The van der Waals surface area contributed by atoms with Gasteiger partial charge in [0.1, 0.15) is 0 Å². The number of aromatic nitrogens is 1. The molecule has 0 bridgehead atoms. The van der Waals surface area contributed by atoms with Crippen LogP contribution in [0.3, 0.4) is 0 Å². The molecule has 1 aliphatic carbocycles. The van der Waals surface area contributed by atoms with Gasteiger partial charge in [0, 0.05) is 42.9 Å². The van der Waals surface area contributed by atoms with Crippen molar-refractivity contribution in [2.45, 2.75) is 25.3 Å². The Morgan fingerprint density at radius 3 is 3.00 bits per heavy atom. The van der Waals surface area contributed by atoms with Crippen LogP contribution in [0.2, 0.25) is 0 Å². The predicted molar refractivity (Wildman–Crippen MR) is 85.8 cm³/mol. The Morgan fingerprint density at radius 1 is 1.24 bits per heavy atom. The number of nitrogens with zero attached hydrogens (tertiary/aromatic N) is 1. The van der Waals surface area contributed by atoms with Gasteiger partial charge in [0.15, 0.2) is 0 Å². The first-order valence-electron chi connectivity index (χ1n) is 7.88. The van der Waals surface area contributed by atoms with Gasteiger partial charge in [-0.1, -0.05) is 0 Å². The summed E-state index contributed by atoms with van der Waals surface area (Å²) in [7, 11) is 0. The van der Waals surface area contributed by atoms with Crippen LogP contribution in [0.25, 0.3) is 10.8 Å². The number of benzene rings is 1. The van der Waals surface area contributed by atoms with Crippen molar-refractivity contribution in [1.82, 2.24) is 9.88 Å². The van der Waals surface area contributed by atoms with Crippen LogP contribution >= 0.6 is 0 Å². The first-order valence-corrected chi connectivity index (χ1v) is 7.88. The van der Waals surface area contributed by atoms with Gasteiger partial charge < -0.3 is 15.2 Å². The predicted octanol–water partition coefficient (Wildman–Crippen LogP) is 2.42. The first kappa shape index (κ1) is 12.9. The zero-order valence-electron chi connectivity index (χ0n) is 12.1. The minimum Gasteiger partial charge on any atom is -0.381 e. The highest BCUT2D eigenvalue weighted by atomic mass is 16.1. The van der Waals surface area contributed by atoms with E-state index in [0.717, 1.165) is 28.9 Å². The van der Waals surface area contributed by atoms with Crippen molar-refractivity contribution in [1.29, 1.82) is 0 Å². The molecule has 0 amide bonds. The molecule has 4 rings (SSSR count). The molecule has 2 aromatic rings. The van der Waals surface area contributed by atoms with Gasteiger partial charge in [-0.2, -0.15) is 0 Å². The van der Waals surface area contributed by atoms with Crippen LogP contribution in [-0.4, -0.2) is 35.6 Å². The molecule has 0 unspecified atom stereocenters. The number of likely N-dealkylation sites (tertiary alicyclic amines) is 1. The van der Waals surface area contributed by atoms with Crippen LogP contribution in [0.5, 0.6) is 0 Å². The molecule has 1 aromatic carbocycles. The molecule has 4 nitrogen and oxygen atoms in total. The second-order valence-corrected chi connectivity index (χ2v) is 6.44. The fourth-order valence-electron chi connectivity index (χ4n) is 3.30. The minimum atomic E-state index is -0.0180. The molecule has 21 heavy (non-hydrogen) atoms. The van der Waals surface area contributed by atoms with E-state index in [1.54, 1.807) is 6.20 Å². The van der Waals surface area contributed by atoms with Crippen LogP contribution in [0, 0.1) is 5.92 Å². The Balaban J connectivity index is 1.46. The van der Waals surface area contributed by atoms with Gasteiger partial charge in [-0.25, -0.2) is 0 Å². The summed E-state index contributed by atoms with van der Waals surface area (Å²) in [5.74, 6) is 0.969. The number of fused-ring (bicyclic) bond motifs is 1. The molecule has 1 saturated heterocycles. The average Bonchev–Trinajstić information content (AvgIpc) is 3.18. The van der Waals surface area contributed by atoms with Gasteiger partial charge in [-0.3, -0.25) is 4.79 Å². The lowest BCUT2D eigenvalue weighted by atomic mass is 10.1. The third-order valence-corrected chi connectivity index (χ3v) is 4.63. The second kappa shape index (κ2) is 5.19. The monoisotopic (exact) mass is 283 g/mol. The summed E-state index contributed by atoms with van der Waals surface area (Å²) >= 11 is 0. The quantitative estimate of drug-likeness (QED) is 0.906. The smallest absolute Gasteiger partial charge is 0.255 e. The third-order valence-electron chi connectivity index (χ3n) is 4.63. The van der Waals surface area contributed by atoms with E-state index in [2.05, 4.69) is 21.3 Å². The number of nitrogens with one attached hydrogen (secondary N) is 2. The summed E-state index contributed by atoms with van der Waals surface area (Å²) in [6.07, 6.45) is 5.77. The maximum absolute atomic E-state index is 11.7. The van der Waals surface area contributed by atoms with Crippen LogP contribution in [0.15, 0.2) is 35.3 Å². The Hall–Kier alpha value is -1.81. The zero-order chi connectivity index (χ0) is 14.2. The topological polar surface area (TPSA) is 48.1 Å². The molecular weight excluding hydrogens is 262 g/mol. The number of rotatable bonds is 4. The number of pyridine rings is 1. The minimum absolute atomic E-state index is 0.0180. The summed E-state index contributed by atoms with van der Waals surface area (Å²) in [5.41, 5.74) is 1.10. The SMILES string of the molecule is O=c1[nH]ccc2cc(N[C@H]3CCN(CC4CC4)C3)ccc12. The van der Waals surface area contributed by atoms with Crippen molar-refractivity contribution in [2.24, 2.45) is 5.92 Å². The van der Waals surface area contributed by atoms with Gasteiger partial charge in [-0.15, -0.1) is 0 Å². The fraction of sp³-hybridized carbons (Fsp3) is 0.471. The van der Waals surface area contributed by atoms with E-state index in [9.17, 15) is 4.79 Å². The highest BCUT2D eigenvalue weighted by Crippen LogP contribution is 2.31. The highest BCUT2D eigenvalue weighted by molar-refractivity contribution is 5.84. The number of hydrogen-bond donors (Lipinski definition) is 2. The maximum atomic E-state index is 11.7. The Bertz CT molecular complexity index is 704. The van der Waals surface area contributed by atoms with Gasteiger partial charge in [-0.05, 0) is 54.8 Å². The maximum Gasteiger partial charge on any atom is 0.255 e. The third kappa shape index (κ3) is 2.81. The van der Waals surface area contributed by atoms with Crippen molar-refractivity contribution in [3.05, 3.63) is 40.8 Å². The first-order chi connectivity index (χ1) is 10.3. The molecule has 1 saturated carbocycles. The molecule has 0 radical (unpaired) electrons. The molecule has 1 atom stereocenters. The fourth-order valence-corrected chi connectivity index (χ4v) is 3.30. The Kier molecular flexibility index (Phi) is 3.19. The second-order valence-electron chi connectivity index (χ2n) is 6.44. The summed E-state index contributed by atoms with van der Waals surface area (Å²) in [5, 5.41) is 5.37. The normalized spacial score (nSPS) is 22.8. The lowest BCUT2D eigenvalue weighted by Gasteiger charge is -2.17. The summed E-state index contributed by atoms with van der Waals surface area (Å²) in [4.78, 5) is 17.0. The van der Waals surface area contributed by atoms with E-state index in [-0.39, 0.29) is 5.56 Å². The van der Waals surface area contributed by atoms with Crippen molar-refractivity contribution < 1.29 is 0 Å². The number of aromatic amines is 1. The molecular formula is C17H21N3O. The highest BCUT2D eigenvalue weighted by Gasteiger charge is 2.29. The number of H-pyrrole nitrogens is 1. The molecule has 2 fully saturated rings. The van der Waals surface area contributed by atoms with Gasteiger partial charge in [0.05, 0.1) is 0 Å². The molecule has 1 aromatic heterocycles. The van der Waals surface area contributed by atoms with Gasteiger partial charge >= 0.3 is 0 Å². The summed E-state index contributed by atoms with van der Waals surface area (Å²) in [6.45, 7) is 3.64. The molecule has 4 heteroatoms. The molecule has 0 spiro atoms.